The van der Waals surface area contributed by atoms with Crippen molar-refractivity contribution in [3.63, 3.8) is 0 Å². The highest BCUT2D eigenvalue weighted by atomic mass is 79.9. The van der Waals surface area contributed by atoms with Crippen molar-refractivity contribution in [2.24, 2.45) is 0 Å². The second-order valence-corrected chi connectivity index (χ2v) is 7.06. The molecule has 1 fully saturated rings. The summed E-state index contributed by atoms with van der Waals surface area (Å²) in [5.74, 6) is 0. The minimum absolute atomic E-state index is 0.0980. The maximum absolute atomic E-state index is 12.2. The van der Waals surface area contributed by atoms with Crippen LogP contribution in [0.15, 0.2) is 34.1 Å². The molecule has 0 heterocycles. The summed E-state index contributed by atoms with van der Waals surface area (Å²) in [7, 11) is -3.38. The Balaban J connectivity index is 2.09. The van der Waals surface area contributed by atoms with Crippen LogP contribution in [0.5, 0.6) is 0 Å². The average Bonchev–Trinajstić information content (AvgIpc) is 2.40. The van der Waals surface area contributed by atoms with Gasteiger partial charge in [0.05, 0.1) is 4.90 Å². The first kappa shape index (κ1) is 14.8. The van der Waals surface area contributed by atoms with Gasteiger partial charge in [0.1, 0.15) is 0 Å². The third kappa shape index (κ3) is 4.16. The molecule has 104 valence electrons. The summed E-state index contributed by atoms with van der Waals surface area (Å²) in [4.78, 5) is 2.08. The van der Waals surface area contributed by atoms with Crippen molar-refractivity contribution in [1.82, 2.24) is 4.72 Å². The molecule has 1 aliphatic rings. The first-order valence-electron chi connectivity index (χ1n) is 6.51. The van der Waals surface area contributed by atoms with Crippen molar-refractivity contribution in [3.05, 3.63) is 34.8 Å². The van der Waals surface area contributed by atoms with Crippen LogP contribution in [0.4, 0.5) is 0 Å². The van der Waals surface area contributed by atoms with Gasteiger partial charge in [-0.1, -0.05) is 47.3 Å². The summed E-state index contributed by atoms with van der Waals surface area (Å²) in [5.41, 5.74) is 0.966. The highest BCUT2D eigenvalue weighted by molar-refractivity contribution is 9.11. The smallest absolute Gasteiger partial charge is 0.208 e. The molecule has 1 saturated carbocycles. The Hall–Kier alpha value is -0.650. The van der Waals surface area contributed by atoms with Crippen molar-refractivity contribution in [2.75, 3.05) is 0 Å². The maximum Gasteiger partial charge on any atom is 0.240 e. The molecule has 0 unspecified atom stereocenters. The normalized spacial score (nSPS) is 17.9. The van der Waals surface area contributed by atoms with E-state index in [4.69, 9.17) is 0 Å². The van der Waals surface area contributed by atoms with Crippen LogP contribution in [0.3, 0.4) is 0 Å². The first-order chi connectivity index (χ1) is 9.12. The van der Waals surface area contributed by atoms with Gasteiger partial charge in [-0.15, -0.1) is 0 Å². The molecule has 3 nitrogen and oxygen atoms in total. The van der Waals surface area contributed by atoms with Crippen molar-refractivity contribution < 1.29 is 8.42 Å². The fraction of sp³-hybridized carbons (Fsp3) is 0.429. The molecule has 0 aliphatic heterocycles. The van der Waals surface area contributed by atoms with E-state index in [1.165, 1.54) is 6.42 Å². The number of benzene rings is 1. The molecule has 19 heavy (non-hydrogen) atoms. The van der Waals surface area contributed by atoms with E-state index < -0.39 is 10.0 Å². The van der Waals surface area contributed by atoms with Crippen LogP contribution in [-0.2, 0) is 10.0 Å². The van der Waals surface area contributed by atoms with Gasteiger partial charge in [0, 0.05) is 6.04 Å². The Morgan fingerprint density at radius 2 is 1.74 bits per heavy atom. The third-order valence-corrected chi connectivity index (χ3v) is 5.17. The quantitative estimate of drug-likeness (QED) is 0.906. The van der Waals surface area contributed by atoms with Gasteiger partial charge in [-0.2, -0.15) is 0 Å². The molecule has 0 radical (unpaired) electrons. The van der Waals surface area contributed by atoms with Gasteiger partial charge in [-0.25, -0.2) is 13.1 Å². The Bertz CT molecular complexity index is 531. The molecule has 0 atom stereocenters. The number of halogens is 1. The fourth-order valence-electron chi connectivity index (χ4n) is 2.34. The van der Waals surface area contributed by atoms with Crippen molar-refractivity contribution >= 4 is 32.0 Å². The van der Waals surface area contributed by atoms with E-state index in [1.807, 2.05) is 6.08 Å². The summed E-state index contributed by atoms with van der Waals surface area (Å²) in [6, 6.07) is 6.99. The van der Waals surface area contributed by atoms with E-state index in [-0.39, 0.29) is 6.04 Å². The van der Waals surface area contributed by atoms with E-state index in [1.54, 1.807) is 29.3 Å². The zero-order chi connectivity index (χ0) is 13.7. The predicted molar refractivity (Wildman–Crippen MR) is 81.6 cm³/mol. The highest BCUT2D eigenvalue weighted by Gasteiger charge is 2.21. The lowest BCUT2D eigenvalue weighted by molar-refractivity contribution is 0.412. The Morgan fingerprint density at radius 1 is 1.11 bits per heavy atom. The average molecular weight is 344 g/mol. The lowest BCUT2D eigenvalue weighted by Gasteiger charge is -2.22. The lowest BCUT2D eigenvalue weighted by Crippen LogP contribution is -2.36. The summed E-state index contributed by atoms with van der Waals surface area (Å²) >= 11 is 3.20. The zero-order valence-corrected chi connectivity index (χ0v) is 13.1. The van der Waals surface area contributed by atoms with E-state index in [0.29, 0.717) is 4.90 Å². The second kappa shape index (κ2) is 6.68. The molecule has 0 saturated heterocycles. The predicted octanol–water partition coefficient (Wildman–Crippen LogP) is 3.66. The molecule has 0 bridgehead atoms. The zero-order valence-electron chi connectivity index (χ0n) is 10.7. The molecular weight excluding hydrogens is 326 g/mol. The van der Waals surface area contributed by atoms with Crippen LogP contribution < -0.4 is 4.72 Å². The summed E-state index contributed by atoms with van der Waals surface area (Å²) < 4.78 is 27.3. The van der Waals surface area contributed by atoms with Crippen LogP contribution >= 0.6 is 15.9 Å². The molecule has 1 aromatic carbocycles. The topological polar surface area (TPSA) is 46.2 Å². The summed E-state index contributed by atoms with van der Waals surface area (Å²) in [6.07, 6.45) is 7.20. The van der Waals surface area contributed by atoms with Gasteiger partial charge in [0.15, 0.2) is 0 Å². The van der Waals surface area contributed by atoms with Crippen LogP contribution in [0, 0.1) is 0 Å². The molecule has 0 aromatic heterocycles. The second-order valence-electron chi connectivity index (χ2n) is 4.82. The van der Waals surface area contributed by atoms with Gasteiger partial charge in [0.25, 0.3) is 0 Å². The maximum atomic E-state index is 12.2. The fourth-order valence-corrected chi connectivity index (χ4v) is 3.95. The molecule has 0 amide bonds. The minimum Gasteiger partial charge on any atom is -0.208 e. The molecule has 0 spiro atoms. The van der Waals surface area contributed by atoms with Gasteiger partial charge in [-0.3, -0.25) is 0 Å². The monoisotopic (exact) mass is 343 g/mol. The lowest BCUT2D eigenvalue weighted by atomic mass is 9.96. The van der Waals surface area contributed by atoms with Crippen LogP contribution in [-0.4, -0.2) is 14.5 Å². The number of sulfonamides is 1. The molecular formula is C14H18BrNO2S. The Kier molecular flexibility index (Phi) is 5.19. The Morgan fingerprint density at radius 3 is 2.32 bits per heavy atom. The molecule has 1 aromatic rings. The van der Waals surface area contributed by atoms with Gasteiger partial charge in [0.2, 0.25) is 10.0 Å². The van der Waals surface area contributed by atoms with Crippen molar-refractivity contribution in [3.8, 4) is 0 Å². The number of hydrogen-bond acceptors (Lipinski definition) is 2. The standard InChI is InChI=1S/C14H18BrNO2S/c15-11-10-12-6-8-14(9-7-12)19(17,18)16-13-4-2-1-3-5-13/h6-11,13,16H,1-5H2. The molecule has 2 rings (SSSR count). The summed E-state index contributed by atoms with van der Waals surface area (Å²) in [5, 5.41) is 0. The van der Waals surface area contributed by atoms with E-state index in [2.05, 4.69) is 20.7 Å². The van der Waals surface area contributed by atoms with E-state index in [9.17, 15) is 8.42 Å². The van der Waals surface area contributed by atoms with Crippen molar-refractivity contribution in [1.29, 1.82) is 0 Å². The number of nitrogens with one attached hydrogen (secondary N) is 1. The molecule has 1 aliphatic carbocycles. The van der Waals surface area contributed by atoms with Gasteiger partial charge >= 0.3 is 0 Å². The van der Waals surface area contributed by atoms with Gasteiger partial charge < -0.3 is 0 Å². The SMILES string of the molecule is O=S(=O)(NC1CCCCC1)c1ccc(C=CBr)cc1. The third-order valence-electron chi connectivity index (χ3n) is 3.37. The van der Waals surface area contributed by atoms with Crippen molar-refractivity contribution in [2.45, 2.75) is 43.0 Å². The minimum atomic E-state index is -3.38. The Labute approximate surface area is 123 Å². The number of rotatable bonds is 4. The van der Waals surface area contributed by atoms with E-state index >= 15 is 0 Å². The van der Waals surface area contributed by atoms with Gasteiger partial charge in [-0.05, 0) is 41.6 Å². The molecule has 5 heteroatoms. The van der Waals surface area contributed by atoms with E-state index in [0.717, 1.165) is 31.2 Å². The first-order valence-corrected chi connectivity index (χ1v) is 8.91. The highest BCUT2D eigenvalue weighted by Crippen LogP contribution is 2.20. The van der Waals surface area contributed by atoms with Crippen LogP contribution in [0.1, 0.15) is 37.7 Å². The summed E-state index contributed by atoms with van der Waals surface area (Å²) in [6.45, 7) is 0. The molecule has 1 N–H and O–H groups in total. The number of hydrogen-bond donors (Lipinski definition) is 1. The largest absolute Gasteiger partial charge is 0.240 e. The van der Waals surface area contributed by atoms with Crippen LogP contribution in [0.2, 0.25) is 0 Å². The van der Waals surface area contributed by atoms with Crippen LogP contribution in [0.25, 0.3) is 6.08 Å².